The first-order valence-electron chi connectivity index (χ1n) is 11.2. The van der Waals surface area contributed by atoms with Crippen molar-refractivity contribution in [3.8, 4) is 0 Å². The van der Waals surface area contributed by atoms with E-state index in [1.807, 2.05) is 37.3 Å². The van der Waals surface area contributed by atoms with E-state index in [0.717, 1.165) is 63.6 Å². The molecule has 178 valence electrons. The number of aliphatic imine (C=N–C) groups is 1. The highest BCUT2D eigenvalue weighted by Crippen LogP contribution is 2.16. The predicted octanol–water partition coefficient (Wildman–Crippen LogP) is 2.80. The summed E-state index contributed by atoms with van der Waals surface area (Å²) < 4.78 is 10.9. The molecule has 2 rings (SSSR count). The molecule has 0 radical (unpaired) electrons. The second-order valence-electron chi connectivity index (χ2n) is 7.87. The highest BCUT2D eigenvalue weighted by atomic mass is 127. The molecule has 2 unspecified atom stereocenters. The molecule has 1 aromatic rings. The van der Waals surface area contributed by atoms with Crippen LogP contribution in [0.5, 0.6) is 0 Å². The summed E-state index contributed by atoms with van der Waals surface area (Å²) in [4.78, 5) is 7.07. The number of methoxy groups -OCH3 is 1. The summed E-state index contributed by atoms with van der Waals surface area (Å²) in [5.74, 6) is 0.769. The van der Waals surface area contributed by atoms with E-state index in [-0.39, 0.29) is 36.7 Å². The standard InChI is InChI=1S/C23H40N4O3.HI/c1-4-24-23(26-21-11-14-27(15-12-21)13-8-16-29-3)25-17-22(28)18-30-19(2)20-9-6-5-7-10-20;/h5-7,9-10,19,21-22,28H,4,8,11-18H2,1-3H3,(H2,24,25,26);1H. The zero-order chi connectivity index (χ0) is 21.6. The fourth-order valence-electron chi connectivity index (χ4n) is 3.57. The lowest BCUT2D eigenvalue weighted by Crippen LogP contribution is -2.49. The third-order valence-electron chi connectivity index (χ3n) is 5.36. The highest BCUT2D eigenvalue weighted by Gasteiger charge is 2.19. The van der Waals surface area contributed by atoms with Gasteiger partial charge in [-0.1, -0.05) is 30.3 Å². The van der Waals surface area contributed by atoms with E-state index < -0.39 is 6.10 Å². The van der Waals surface area contributed by atoms with Crippen molar-refractivity contribution >= 4 is 29.9 Å². The highest BCUT2D eigenvalue weighted by molar-refractivity contribution is 14.0. The first kappa shape index (κ1) is 28.1. The smallest absolute Gasteiger partial charge is 0.191 e. The van der Waals surface area contributed by atoms with E-state index in [9.17, 15) is 5.11 Å². The molecule has 1 saturated heterocycles. The summed E-state index contributed by atoms with van der Waals surface area (Å²) in [6, 6.07) is 10.5. The van der Waals surface area contributed by atoms with Crippen molar-refractivity contribution in [2.24, 2.45) is 4.99 Å². The maximum atomic E-state index is 10.3. The SMILES string of the molecule is CCNC(=NCC(O)COC(C)c1ccccc1)NC1CCN(CCCOC)CC1.I. The molecular weight excluding hydrogens is 507 g/mol. The minimum Gasteiger partial charge on any atom is -0.389 e. The summed E-state index contributed by atoms with van der Waals surface area (Å²) in [7, 11) is 1.75. The number of piperidine rings is 1. The minimum absolute atomic E-state index is 0. The van der Waals surface area contributed by atoms with E-state index in [0.29, 0.717) is 12.6 Å². The van der Waals surface area contributed by atoms with Gasteiger partial charge in [-0.15, -0.1) is 24.0 Å². The molecule has 0 bridgehead atoms. The van der Waals surface area contributed by atoms with Crippen LogP contribution in [0.4, 0.5) is 0 Å². The molecule has 2 atom stereocenters. The number of ether oxygens (including phenoxy) is 2. The van der Waals surface area contributed by atoms with Crippen LogP contribution >= 0.6 is 24.0 Å². The second kappa shape index (κ2) is 16.7. The van der Waals surface area contributed by atoms with Crippen molar-refractivity contribution in [2.75, 3.05) is 53.0 Å². The molecule has 1 aromatic carbocycles. The fourth-order valence-corrected chi connectivity index (χ4v) is 3.57. The molecule has 8 heteroatoms. The van der Waals surface area contributed by atoms with Crippen LogP contribution in [0, 0.1) is 0 Å². The number of hydrogen-bond acceptors (Lipinski definition) is 5. The number of benzene rings is 1. The van der Waals surface area contributed by atoms with Crippen molar-refractivity contribution in [1.29, 1.82) is 0 Å². The molecule has 0 spiro atoms. The van der Waals surface area contributed by atoms with Crippen LogP contribution in [0.3, 0.4) is 0 Å². The minimum atomic E-state index is -0.630. The van der Waals surface area contributed by atoms with E-state index in [2.05, 4.69) is 27.4 Å². The van der Waals surface area contributed by atoms with Gasteiger partial charge < -0.3 is 30.1 Å². The average Bonchev–Trinajstić information content (AvgIpc) is 2.78. The monoisotopic (exact) mass is 548 g/mol. The van der Waals surface area contributed by atoms with E-state index in [1.54, 1.807) is 7.11 Å². The third kappa shape index (κ3) is 11.5. The van der Waals surface area contributed by atoms with Crippen LogP contribution in [0.2, 0.25) is 0 Å². The van der Waals surface area contributed by atoms with Gasteiger partial charge in [-0.3, -0.25) is 4.99 Å². The van der Waals surface area contributed by atoms with Gasteiger partial charge in [-0.2, -0.15) is 0 Å². The number of halogens is 1. The Hall–Kier alpha value is -0.940. The van der Waals surface area contributed by atoms with Crippen molar-refractivity contribution in [1.82, 2.24) is 15.5 Å². The van der Waals surface area contributed by atoms with Crippen molar-refractivity contribution in [2.45, 2.75) is 51.4 Å². The molecule has 0 saturated carbocycles. The van der Waals surface area contributed by atoms with Gasteiger partial charge in [-0.05, 0) is 38.7 Å². The molecule has 1 fully saturated rings. The van der Waals surface area contributed by atoms with Gasteiger partial charge in [0.25, 0.3) is 0 Å². The maximum Gasteiger partial charge on any atom is 0.191 e. The fraction of sp³-hybridized carbons (Fsp3) is 0.696. The van der Waals surface area contributed by atoms with Crippen LogP contribution in [0.15, 0.2) is 35.3 Å². The quantitative estimate of drug-likeness (QED) is 0.162. The van der Waals surface area contributed by atoms with Crippen molar-refractivity contribution in [3.05, 3.63) is 35.9 Å². The molecule has 3 N–H and O–H groups in total. The lowest BCUT2D eigenvalue weighted by atomic mass is 10.1. The average molecular weight is 549 g/mol. The number of nitrogens with one attached hydrogen (secondary N) is 2. The van der Waals surface area contributed by atoms with Crippen LogP contribution in [-0.4, -0.2) is 81.2 Å². The molecule has 1 aliphatic heterocycles. The molecule has 0 aliphatic carbocycles. The molecule has 7 nitrogen and oxygen atoms in total. The Bertz CT molecular complexity index is 598. The summed E-state index contributed by atoms with van der Waals surface area (Å²) in [6.07, 6.45) is 2.59. The Labute approximate surface area is 205 Å². The van der Waals surface area contributed by atoms with Crippen LogP contribution < -0.4 is 10.6 Å². The van der Waals surface area contributed by atoms with E-state index >= 15 is 0 Å². The number of aliphatic hydroxyl groups is 1. The van der Waals surface area contributed by atoms with E-state index in [4.69, 9.17) is 9.47 Å². The first-order chi connectivity index (χ1) is 14.6. The Morgan fingerprint density at radius 1 is 1.26 bits per heavy atom. The number of aliphatic hydroxyl groups excluding tert-OH is 1. The lowest BCUT2D eigenvalue weighted by molar-refractivity contribution is 0.00111. The summed E-state index contributed by atoms with van der Waals surface area (Å²) in [5.41, 5.74) is 1.11. The number of guanidine groups is 1. The van der Waals surface area contributed by atoms with Gasteiger partial charge in [0, 0.05) is 45.9 Å². The Kier molecular flexibility index (Phi) is 15.1. The number of likely N-dealkylation sites (tertiary alicyclic amines) is 1. The van der Waals surface area contributed by atoms with Crippen LogP contribution in [0.25, 0.3) is 0 Å². The zero-order valence-electron chi connectivity index (χ0n) is 19.3. The molecule has 1 heterocycles. The Morgan fingerprint density at radius 3 is 2.61 bits per heavy atom. The molecular formula is C23H41IN4O3. The van der Waals surface area contributed by atoms with Crippen molar-refractivity contribution < 1.29 is 14.6 Å². The Balaban J connectivity index is 0.00000480. The zero-order valence-corrected chi connectivity index (χ0v) is 21.6. The molecule has 0 aromatic heterocycles. The predicted molar refractivity (Wildman–Crippen MR) is 137 cm³/mol. The largest absolute Gasteiger partial charge is 0.389 e. The summed E-state index contributed by atoms with van der Waals surface area (Å²) >= 11 is 0. The molecule has 1 aliphatic rings. The van der Waals surface area contributed by atoms with E-state index in [1.165, 1.54) is 0 Å². The number of rotatable bonds is 12. The van der Waals surface area contributed by atoms with Crippen LogP contribution in [-0.2, 0) is 9.47 Å². The topological polar surface area (TPSA) is 78.4 Å². The van der Waals surface area contributed by atoms with Gasteiger partial charge in [0.2, 0.25) is 0 Å². The normalized spacial score (nSPS) is 17.6. The number of nitrogens with zero attached hydrogens (tertiary/aromatic N) is 2. The number of hydrogen-bond donors (Lipinski definition) is 3. The second-order valence-corrected chi connectivity index (χ2v) is 7.87. The van der Waals surface area contributed by atoms with Gasteiger partial charge in [-0.25, -0.2) is 0 Å². The van der Waals surface area contributed by atoms with Crippen LogP contribution in [0.1, 0.15) is 44.8 Å². The van der Waals surface area contributed by atoms with Gasteiger partial charge in [0.05, 0.1) is 25.4 Å². The molecule has 0 amide bonds. The van der Waals surface area contributed by atoms with Crippen molar-refractivity contribution in [3.63, 3.8) is 0 Å². The lowest BCUT2D eigenvalue weighted by Gasteiger charge is -2.33. The molecule has 31 heavy (non-hydrogen) atoms. The Morgan fingerprint density at radius 2 is 1.97 bits per heavy atom. The van der Waals surface area contributed by atoms with Gasteiger partial charge in [0.15, 0.2) is 5.96 Å². The summed E-state index contributed by atoms with van der Waals surface area (Å²) in [6.45, 7) is 9.53. The van der Waals surface area contributed by atoms with Gasteiger partial charge >= 0.3 is 0 Å². The van der Waals surface area contributed by atoms with Gasteiger partial charge in [0.1, 0.15) is 0 Å². The first-order valence-corrected chi connectivity index (χ1v) is 11.2. The third-order valence-corrected chi connectivity index (χ3v) is 5.36. The summed E-state index contributed by atoms with van der Waals surface area (Å²) in [5, 5.41) is 17.1. The maximum absolute atomic E-state index is 10.3.